The van der Waals surface area contributed by atoms with Crippen molar-refractivity contribution < 1.29 is 9.59 Å². The summed E-state index contributed by atoms with van der Waals surface area (Å²) in [6, 6.07) is 10.1. The summed E-state index contributed by atoms with van der Waals surface area (Å²) in [7, 11) is 0. The Hall–Kier alpha value is -1.64. The van der Waals surface area contributed by atoms with Gasteiger partial charge in [-0.2, -0.15) is 0 Å². The van der Waals surface area contributed by atoms with Gasteiger partial charge < -0.3 is 0 Å². The molecule has 1 aliphatic heterocycles. The Kier molecular flexibility index (Phi) is 3.60. The zero-order valence-electron chi connectivity index (χ0n) is 11.7. The molecule has 2 fully saturated rings. The number of benzene rings is 1. The fraction of sp³-hybridized carbons (Fsp3) is 0.529. The van der Waals surface area contributed by atoms with Crippen LogP contribution in [0.2, 0.25) is 0 Å². The number of carbonyl (C=O) groups is 2. The van der Waals surface area contributed by atoms with Crippen molar-refractivity contribution in [2.45, 2.75) is 44.9 Å². The molecule has 1 spiro atoms. The van der Waals surface area contributed by atoms with Crippen LogP contribution in [0.4, 0.5) is 0 Å². The lowest BCUT2D eigenvalue weighted by Crippen LogP contribution is -2.53. The van der Waals surface area contributed by atoms with Crippen LogP contribution in [0.1, 0.15) is 44.1 Å². The first-order valence-electron chi connectivity index (χ1n) is 7.57. The summed E-state index contributed by atoms with van der Waals surface area (Å²) in [5.41, 5.74) is 1.10. The van der Waals surface area contributed by atoms with Crippen molar-refractivity contribution in [1.82, 2.24) is 5.32 Å². The minimum absolute atomic E-state index is 0.0529. The maximum atomic E-state index is 12.4. The smallest absolute Gasteiger partial charge is 0.230 e. The van der Waals surface area contributed by atoms with Crippen molar-refractivity contribution in [3.05, 3.63) is 35.9 Å². The summed E-state index contributed by atoms with van der Waals surface area (Å²) >= 11 is 0. The van der Waals surface area contributed by atoms with E-state index in [1.807, 2.05) is 18.2 Å². The average Bonchev–Trinajstić information content (AvgIpc) is 2.45. The lowest BCUT2D eigenvalue weighted by molar-refractivity contribution is -0.145. The highest BCUT2D eigenvalue weighted by atomic mass is 16.2. The molecule has 1 aromatic rings. The number of piperidine rings is 1. The number of hydrogen-bond donors (Lipinski definition) is 1. The third kappa shape index (κ3) is 2.49. The second-order valence-electron chi connectivity index (χ2n) is 6.25. The quantitative estimate of drug-likeness (QED) is 0.841. The lowest BCUT2D eigenvalue weighted by Gasteiger charge is -2.45. The number of amides is 2. The molecule has 0 radical (unpaired) electrons. The predicted molar refractivity (Wildman–Crippen MR) is 76.9 cm³/mol. The number of imide groups is 1. The molecule has 1 N–H and O–H groups in total. The van der Waals surface area contributed by atoms with Crippen LogP contribution >= 0.6 is 0 Å². The molecular formula is C17H21NO2. The van der Waals surface area contributed by atoms with Crippen molar-refractivity contribution >= 4 is 11.8 Å². The zero-order valence-corrected chi connectivity index (χ0v) is 11.7. The van der Waals surface area contributed by atoms with Gasteiger partial charge in [-0.15, -0.1) is 0 Å². The Balaban J connectivity index is 1.87. The lowest BCUT2D eigenvalue weighted by atomic mass is 9.60. The molecule has 1 aliphatic carbocycles. The van der Waals surface area contributed by atoms with Gasteiger partial charge in [-0.25, -0.2) is 0 Å². The molecule has 1 heterocycles. The maximum absolute atomic E-state index is 12.4. The Morgan fingerprint density at radius 3 is 2.45 bits per heavy atom. The largest absolute Gasteiger partial charge is 0.296 e. The van der Waals surface area contributed by atoms with Crippen LogP contribution in [-0.4, -0.2) is 11.8 Å². The third-order valence-corrected chi connectivity index (χ3v) is 4.96. The van der Waals surface area contributed by atoms with Crippen LogP contribution in [0.25, 0.3) is 0 Å². The molecule has 0 aromatic heterocycles. The van der Waals surface area contributed by atoms with Crippen LogP contribution in [-0.2, 0) is 16.0 Å². The molecule has 3 rings (SSSR count). The van der Waals surface area contributed by atoms with Gasteiger partial charge in [0.15, 0.2) is 0 Å². The van der Waals surface area contributed by atoms with Crippen LogP contribution in [0.15, 0.2) is 30.3 Å². The highest BCUT2D eigenvalue weighted by Gasteiger charge is 2.48. The van der Waals surface area contributed by atoms with Gasteiger partial charge in [-0.3, -0.25) is 14.9 Å². The maximum Gasteiger partial charge on any atom is 0.230 e. The molecule has 1 aromatic carbocycles. The topological polar surface area (TPSA) is 46.2 Å². The van der Waals surface area contributed by atoms with Crippen molar-refractivity contribution in [2.75, 3.05) is 0 Å². The number of hydrogen-bond acceptors (Lipinski definition) is 2. The highest BCUT2D eigenvalue weighted by molar-refractivity contribution is 5.99. The molecule has 1 saturated carbocycles. The van der Waals surface area contributed by atoms with Gasteiger partial charge >= 0.3 is 0 Å². The monoisotopic (exact) mass is 271 g/mol. The SMILES string of the molecule is O=C1CC2(CCCCC2)C(Cc2ccccc2)C(=O)N1. The van der Waals surface area contributed by atoms with Crippen molar-refractivity contribution in [3.63, 3.8) is 0 Å². The first kappa shape index (κ1) is 13.3. The normalized spacial score (nSPS) is 25.5. The number of rotatable bonds is 2. The molecule has 3 heteroatoms. The Morgan fingerprint density at radius 2 is 1.75 bits per heavy atom. The summed E-state index contributed by atoms with van der Waals surface area (Å²) in [5, 5.41) is 2.54. The van der Waals surface area contributed by atoms with E-state index in [2.05, 4.69) is 17.4 Å². The number of carbonyl (C=O) groups excluding carboxylic acids is 2. The summed E-state index contributed by atoms with van der Waals surface area (Å²) in [4.78, 5) is 24.2. The molecule has 3 nitrogen and oxygen atoms in total. The van der Waals surface area contributed by atoms with E-state index in [0.717, 1.165) is 32.1 Å². The minimum atomic E-state index is -0.0898. The summed E-state index contributed by atoms with van der Waals surface area (Å²) in [6.45, 7) is 0. The standard InChI is InChI=1S/C17H21NO2/c19-15-12-17(9-5-2-6-10-17)14(16(20)18-15)11-13-7-3-1-4-8-13/h1,3-4,7-8,14H,2,5-6,9-12H2,(H,18,19,20). The van der Waals surface area contributed by atoms with Crippen molar-refractivity contribution in [3.8, 4) is 0 Å². The predicted octanol–water partition coefficient (Wildman–Crippen LogP) is 2.84. The van der Waals surface area contributed by atoms with Crippen LogP contribution < -0.4 is 5.32 Å². The highest BCUT2D eigenvalue weighted by Crippen LogP contribution is 2.48. The average molecular weight is 271 g/mol. The van der Waals surface area contributed by atoms with Gasteiger partial charge in [-0.1, -0.05) is 49.6 Å². The first-order chi connectivity index (χ1) is 9.70. The van der Waals surface area contributed by atoms with E-state index >= 15 is 0 Å². The molecule has 106 valence electrons. The van der Waals surface area contributed by atoms with Gasteiger partial charge in [0.25, 0.3) is 0 Å². The second kappa shape index (κ2) is 5.39. The van der Waals surface area contributed by atoms with Crippen molar-refractivity contribution in [1.29, 1.82) is 0 Å². The van der Waals surface area contributed by atoms with Crippen molar-refractivity contribution in [2.24, 2.45) is 11.3 Å². The second-order valence-corrected chi connectivity index (χ2v) is 6.25. The minimum Gasteiger partial charge on any atom is -0.296 e. The molecule has 20 heavy (non-hydrogen) atoms. The summed E-state index contributed by atoms with van der Waals surface area (Å²) < 4.78 is 0. The summed E-state index contributed by atoms with van der Waals surface area (Å²) in [5.74, 6) is -0.198. The van der Waals surface area contributed by atoms with Gasteiger partial charge in [0.2, 0.25) is 11.8 Å². The molecule has 0 bridgehead atoms. The van der Waals surface area contributed by atoms with Gasteiger partial charge in [-0.05, 0) is 30.2 Å². The third-order valence-electron chi connectivity index (χ3n) is 4.96. The van der Waals surface area contributed by atoms with E-state index in [-0.39, 0.29) is 23.1 Å². The van der Waals surface area contributed by atoms with Gasteiger partial charge in [0.1, 0.15) is 0 Å². The van der Waals surface area contributed by atoms with E-state index < -0.39 is 0 Å². The molecule has 1 saturated heterocycles. The molecule has 2 aliphatic rings. The van der Waals surface area contributed by atoms with E-state index in [4.69, 9.17) is 0 Å². The number of nitrogens with one attached hydrogen (secondary N) is 1. The Morgan fingerprint density at radius 1 is 1.05 bits per heavy atom. The first-order valence-corrected chi connectivity index (χ1v) is 7.57. The Bertz CT molecular complexity index is 503. The zero-order chi connectivity index (χ0) is 14.0. The molecule has 1 atom stereocenters. The van der Waals surface area contributed by atoms with Crippen LogP contribution in [0, 0.1) is 11.3 Å². The fourth-order valence-corrected chi connectivity index (χ4v) is 3.93. The Labute approximate surface area is 119 Å². The van der Waals surface area contributed by atoms with Gasteiger partial charge in [0, 0.05) is 12.3 Å². The van der Waals surface area contributed by atoms with Crippen LogP contribution in [0.5, 0.6) is 0 Å². The molecular weight excluding hydrogens is 250 g/mol. The fourth-order valence-electron chi connectivity index (χ4n) is 3.93. The van der Waals surface area contributed by atoms with Crippen LogP contribution in [0.3, 0.4) is 0 Å². The molecule has 2 amide bonds. The van der Waals surface area contributed by atoms with E-state index in [0.29, 0.717) is 6.42 Å². The van der Waals surface area contributed by atoms with E-state index in [1.165, 1.54) is 12.0 Å². The van der Waals surface area contributed by atoms with E-state index in [1.54, 1.807) is 0 Å². The molecule has 1 unspecified atom stereocenters. The summed E-state index contributed by atoms with van der Waals surface area (Å²) in [6.07, 6.45) is 6.83. The van der Waals surface area contributed by atoms with Gasteiger partial charge in [0.05, 0.1) is 0 Å². The van der Waals surface area contributed by atoms with E-state index in [9.17, 15) is 9.59 Å².